The average molecular weight is 1620 g/mol. The van der Waals surface area contributed by atoms with E-state index in [1.165, 1.54) is 135 Å². The number of phosphoric ester groups is 1. The number of nitrogens with one attached hydrogen (secondary N) is 1. The number of alkyl carbamates (subject to hydrolysis) is 1. The summed E-state index contributed by atoms with van der Waals surface area (Å²) in [4.78, 5) is 66.5. The molecule has 0 aromatic carbocycles. The third-order valence-corrected chi connectivity index (χ3v) is 12.8. The van der Waals surface area contributed by atoms with E-state index >= 15 is 0 Å². The van der Waals surface area contributed by atoms with Crippen LogP contribution in [0.3, 0.4) is 0 Å². The maximum atomic E-state index is 12.9. The van der Waals surface area contributed by atoms with Gasteiger partial charge in [-0.3, -0.25) is 18.6 Å². The lowest BCUT2D eigenvalue weighted by Crippen LogP contribution is -2.30. The van der Waals surface area contributed by atoms with Gasteiger partial charge in [-0.15, -0.1) is 0 Å². The van der Waals surface area contributed by atoms with Gasteiger partial charge in [0.1, 0.15) is 26.1 Å². The molecule has 1 amide bonds. The van der Waals surface area contributed by atoms with Crippen LogP contribution in [0.2, 0.25) is 0 Å². The number of hydrogen-bond donors (Lipinski definition) is 3. The average Bonchev–Trinajstić information content (AvgIpc) is 0.925. The number of carbonyl (C=O) groups is 4. The largest absolute Gasteiger partial charge is 0.486 e. The second-order valence-electron chi connectivity index (χ2n) is 19.6. The maximum absolute atomic E-state index is 12.9. The van der Waals surface area contributed by atoms with Gasteiger partial charge in [-0.2, -0.15) is 0 Å². The Balaban J connectivity index is 3.85. The van der Waals surface area contributed by atoms with E-state index in [9.17, 15) is 28.6 Å². The molecule has 1 unspecified atom stereocenters. The van der Waals surface area contributed by atoms with E-state index in [-0.39, 0.29) is 19.4 Å². The highest BCUT2D eigenvalue weighted by atomic mass is 31.2. The summed E-state index contributed by atoms with van der Waals surface area (Å²) in [6, 6.07) is 0. The first kappa shape index (κ1) is 102. The molecule has 0 bridgehead atoms. The fraction of sp³-hybridized carbons (Fsp3) is 0.875. The van der Waals surface area contributed by atoms with Gasteiger partial charge >= 0.3 is 31.8 Å². The van der Waals surface area contributed by atoms with Crippen molar-refractivity contribution in [1.82, 2.24) is 5.32 Å². The second-order valence-corrected chi connectivity index (χ2v) is 21.1. The molecule has 0 aliphatic carbocycles. The number of unbranched alkanes of at least 4 members (excludes halogenated alkanes) is 28. The third kappa shape index (κ3) is 88.5. The van der Waals surface area contributed by atoms with Crippen molar-refractivity contribution in [1.29, 1.82) is 0 Å². The molecule has 0 spiro atoms. The zero-order valence-corrected chi connectivity index (χ0v) is 58.5. The highest BCUT2D eigenvalue weighted by molar-refractivity contribution is 7.47. The van der Waals surface area contributed by atoms with Crippen LogP contribution in [0.4, 0.5) is 4.79 Å². The number of carboxylic acids is 1. The first-order valence-corrected chi connectivity index (χ1v) is 33.7. The van der Waals surface area contributed by atoms with Crippen LogP contribution in [-0.2, 0) is 268 Å². The molecule has 0 saturated heterocycles. The summed E-state index contributed by atoms with van der Waals surface area (Å²) in [5.41, 5.74) is 0. The number of carboxylic acid groups (broad SMARTS) is 1. The zero-order valence-electron chi connectivity index (χ0n) is 57.6. The summed E-state index contributed by atoms with van der Waals surface area (Å²) in [5, 5.41) is 162. The Labute approximate surface area is 603 Å². The van der Waals surface area contributed by atoms with E-state index in [0.717, 1.165) is 51.2 Å². The Morgan fingerprint density at radius 1 is 0.336 bits per heavy atom. The molecule has 0 aromatic rings. The number of amides is 1. The molecule has 59 heteroatoms. The van der Waals surface area contributed by atoms with E-state index in [1.54, 1.807) is 0 Å². The fourth-order valence-electron chi connectivity index (χ4n) is 7.38. The van der Waals surface area contributed by atoms with Gasteiger partial charge in [0.25, 0.3) is 0 Å². The molecule has 0 aromatic heterocycles. The van der Waals surface area contributed by atoms with Crippen LogP contribution in [0.1, 0.15) is 219 Å². The van der Waals surface area contributed by atoms with Crippen molar-refractivity contribution < 1.29 is 283 Å². The Kier molecular flexibility index (Phi) is 83.3. The molecule has 0 saturated carbocycles. The summed E-state index contributed by atoms with van der Waals surface area (Å²) >= 11 is 0. The fourth-order valence-corrected chi connectivity index (χ4v) is 8.13. The molecule has 58 nitrogen and oxygen atoms in total. The quantitative estimate of drug-likeness (QED) is 0.00969. The van der Waals surface area contributed by atoms with E-state index in [4.69, 9.17) is 28.4 Å². The van der Waals surface area contributed by atoms with Crippen LogP contribution in [0.15, 0.2) is 12.5 Å². The summed E-state index contributed by atoms with van der Waals surface area (Å²) < 4.78 is 42.8. The molecule has 3 N–H and O–H groups in total. The van der Waals surface area contributed by atoms with Crippen molar-refractivity contribution in [2.45, 2.75) is 225 Å². The Bertz CT molecular complexity index is 1950. The Morgan fingerprint density at radius 3 is 0.963 bits per heavy atom. The molecule has 107 heavy (non-hydrogen) atoms. The normalized spacial score (nSPS) is 12.4. The van der Waals surface area contributed by atoms with Crippen LogP contribution >= 0.6 is 7.82 Å². The van der Waals surface area contributed by atoms with Crippen LogP contribution in [0, 0.1) is 0 Å². The number of hydrogen-bond acceptors (Lipinski definition) is 55. The molecule has 2 atom stereocenters. The van der Waals surface area contributed by atoms with Crippen LogP contribution < -0.4 is 5.32 Å². The maximum Gasteiger partial charge on any atom is 0.472 e. The number of ether oxygens (including phenoxy) is 4. The van der Waals surface area contributed by atoms with Gasteiger partial charge in [0.2, 0.25) is 0 Å². The summed E-state index contributed by atoms with van der Waals surface area (Å²) in [5.74, 6) is -2.31. The van der Waals surface area contributed by atoms with Crippen molar-refractivity contribution >= 4 is 31.8 Å². The lowest BCUT2D eigenvalue weighted by molar-refractivity contribution is -0.909. The minimum absolute atomic E-state index is 0.107. The predicted octanol–water partition coefficient (Wildman–Crippen LogP) is 9.47. The number of phosphoric acid groups is 1. The van der Waals surface area contributed by atoms with Gasteiger partial charge < -0.3 is 39.2 Å². The van der Waals surface area contributed by atoms with Crippen molar-refractivity contribution in [3.63, 3.8) is 0 Å². The van der Waals surface area contributed by atoms with E-state index < -0.39 is 77.6 Å². The van der Waals surface area contributed by atoms with Crippen molar-refractivity contribution in [3.8, 4) is 0 Å². The Hall–Kier alpha value is -4.59. The highest BCUT2D eigenvalue weighted by Crippen LogP contribution is 2.43. The van der Waals surface area contributed by atoms with Gasteiger partial charge in [0, 0.05) is 191 Å². The van der Waals surface area contributed by atoms with Gasteiger partial charge in [-0.25, -0.2) is 19.0 Å². The lowest BCUT2D eigenvalue weighted by Gasteiger charge is -2.20. The predicted molar refractivity (Wildman–Crippen MR) is 296 cm³/mol. The molecule has 0 rings (SSSR count). The van der Waals surface area contributed by atoms with Gasteiger partial charge in [-0.05, 0) is 53.1 Å². The number of carbonyl (C=O) groups excluding carboxylic acids is 3. The minimum Gasteiger partial charge on any atom is -0.486 e. The van der Waals surface area contributed by atoms with Crippen LogP contribution in [-0.4, -0.2) is 86.3 Å². The summed E-state index contributed by atoms with van der Waals surface area (Å²) in [7, 11) is -4.77. The third-order valence-electron chi connectivity index (χ3n) is 11.8. The van der Waals surface area contributed by atoms with Crippen molar-refractivity contribution in [2.24, 2.45) is 0 Å². The Morgan fingerprint density at radius 2 is 0.636 bits per heavy atom. The molecular weight excluding hydrogens is 1530 g/mol. The first-order chi connectivity index (χ1) is 52.6. The zero-order chi connectivity index (χ0) is 77.4. The molecule has 0 aliphatic heterocycles. The lowest BCUT2D eigenvalue weighted by atomic mass is 10.0. The van der Waals surface area contributed by atoms with Gasteiger partial charge in [0.15, 0.2) is 19.0 Å². The minimum atomic E-state index is -4.77. The van der Waals surface area contributed by atoms with Crippen molar-refractivity contribution in [3.05, 3.63) is 12.5 Å². The first-order valence-electron chi connectivity index (χ1n) is 32.2. The summed E-state index contributed by atoms with van der Waals surface area (Å²) in [6.07, 6.45) is 34.8. The second kappa shape index (κ2) is 87.0. The van der Waals surface area contributed by atoms with E-state index in [2.05, 4.69) is 245 Å². The molecule has 634 valence electrons. The molecule has 0 radical (unpaired) electrons. The van der Waals surface area contributed by atoms with Crippen LogP contribution in [0.25, 0.3) is 0 Å². The van der Waals surface area contributed by atoms with E-state index in [0.29, 0.717) is 19.1 Å². The van der Waals surface area contributed by atoms with Crippen LogP contribution in [0.5, 0.6) is 0 Å². The topological polar surface area (TPSA) is 599 Å². The van der Waals surface area contributed by atoms with Gasteiger partial charge in [0.05, 0.1) is 13.2 Å². The molecule has 0 heterocycles. The molecule has 0 aliphatic rings. The SMILES string of the molecule is CCCCCCCCCCCCCCCCCC(=O)OC[C@H](COP(=O)(O)OCCNC(=O)OCCOOOOOOOOOOOOOOOOOOOOOOOOOOOOOOOOOOOOOOOOOOOO/C=C\OCC(=O)O)OC(=O)CCCCCCCCCCCCCCCCC. The summed E-state index contributed by atoms with van der Waals surface area (Å²) in [6.45, 7) is 1.03. The number of esters is 2. The monoisotopic (exact) mass is 1620 g/mol. The van der Waals surface area contributed by atoms with E-state index in [1.807, 2.05) is 0 Å². The molecular formula is C48H90NO57P. The highest BCUT2D eigenvalue weighted by Gasteiger charge is 2.26. The van der Waals surface area contributed by atoms with Crippen molar-refractivity contribution in [2.75, 3.05) is 46.2 Å². The molecule has 0 fully saturated rings. The number of rotatable bonds is 92. The standard InChI is InChI=1S/C48H90NO57P/c1-3-5-7-9-11-13-15-17-19-21-23-25-27-29-31-33-46(52)59-41-44(64-47(53)34-32-30-28-26-24-22-20-18-16-14-12-10-8-6-4-2)42-63-107(55,56)62-36-35-49-48(54)58-38-40-61-66-68-70-72-74-76-78-80-82-84-86-88-90-92-94-96-98-100-102-104-106-105-103-101-99-97-95-93-91-89-87-85-83-81-79-77-75-73-71-69-67-65-60-39-37-57-43-45(50)51/h37,39,44H,3-36,38,40-43H2,1-2H3,(H,49,54)(H,50,51)(H,55,56)/b39-37-/t44-/m1/s1. The smallest absolute Gasteiger partial charge is 0.472 e. The number of aliphatic carboxylic acids is 1. The van der Waals surface area contributed by atoms with Gasteiger partial charge in [-0.1, -0.05) is 194 Å².